The van der Waals surface area contributed by atoms with E-state index >= 15 is 0 Å². The summed E-state index contributed by atoms with van der Waals surface area (Å²) in [6.07, 6.45) is 9.46. The molecule has 3 N–H and O–H groups in total. The van der Waals surface area contributed by atoms with E-state index < -0.39 is 23.3 Å². The average molecular weight is 467 g/mol. The standard InChI is InChI=1S/C24H42N4O5/c1-4-5-13-19(20(29)21(30)25-18-11-7-8-12-18)26-22(31)24(14-9-6-10-15-24)27-23(32)28(2)16-17-33-3/h18-19H,4-17H2,1-3H3,(H,25,30)(H,26,31)(H,27,32)/t19-/m0/s1. The van der Waals surface area contributed by atoms with Crippen molar-refractivity contribution in [2.75, 3.05) is 27.3 Å². The number of carbonyl (C=O) groups excluding carboxylic acids is 4. The van der Waals surface area contributed by atoms with Crippen LogP contribution >= 0.6 is 0 Å². The summed E-state index contributed by atoms with van der Waals surface area (Å²) in [5.41, 5.74) is -1.08. The lowest BCUT2D eigenvalue weighted by Crippen LogP contribution is -2.64. The van der Waals surface area contributed by atoms with E-state index in [4.69, 9.17) is 4.74 Å². The number of carbonyl (C=O) groups is 4. The number of nitrogens with one attached hydrogen (secondary N) is 3. The number of methoxy groups -OCH3 is 1. The maximum Gasteiger partial charge on any atom is 0.318 e. The van der Waals surface area contributed by atoms with Gasteiger partial charge in [0, 0.05) is 26.7 Å². The van der Waals surface area contributed by atoms with Crippen LogP contribution in [0.4, 0.5) is 4.79 Å². The third-order valence-corrected chi connectivity index (χ3v) is 6.85. The topological polar surface area (TPSA) is 117 Å². The van der Waals surface area contributed by atoms with Gasteiger partial charge in [-0.3, -0.25) is 14.4 Å². The number of urea groups is 1. The second kappa shape index (κ2) is 13.5. The van der Waals surface area contributed by atoms with Crippen LogP contribution in [-0.2, 0) is 19.1 Å². The Bertz CT molecular complexity index is 672. The molecule has 0 bridgehead atoms. The van der Waals surface area contributed by atoms with Crippen LogP contribution in [0, 0.1) is 0 Å². The second-order valence-electron chi connectivity index (χ2n) is 9.47. The number of ketones is 1. The molecule has 4 amide bonds. The summed E-state index contributed by atoms with van der Waals surface area (Å²) >= 11 is 0. The molecule has 0 aromatic carbocycles. The third-order valence-electron chi connectivity index (χ3n) is 6.85. The van der Waals surface area contributed by atoms with Gasteiger partial charge >= 0.3 is 6.03 Å². The van der Waals surface area contributed by atoms with Crippen LogP contribution in [0.1, 0.15) is 84.0 Å². The van der Waals surface area contributed by atoms with E-state index in [2.05, 4.69) is 16.0 Å². The SMILES string of the molecule is CCCC[C@H](NC(=O)C1(NC(=O)N(C)CCOC)CCCCC1)C(=O)C(=O)NC1CCCC1. The Kier molecular flexibility index (Phi) is 11.1. The molecule has 0 aromatic rings. The highest BCUT2D eigenvalue weighted by Crippen LogP contribution is 2.29. The number of ether oxygens (including phenoxy) is 1. The van der Waals surface area contributed by atoms with Crippen LogP contribution in [-0.4, -0.2) is 73.5 Å². The molecule has 2 fully saturated rings. The molecular weight excluding hydrogens is 424 g/mol. The number of rotatable bonds is 12. The lowest BCUT2D eigenvalue weighted by molar-refractivity contribution is -0.141. The van der Waals surface area contributed by atoms with Gasteiger partial charge in [0.2, 0.25) is 11.7 Å². The Morgan fingerprint density at radius 1 is 1.06 bits per heavy atom. The lowest BCUT2D eigenvalue weighted by Gasteiger charge is -2.38. The van der Waals surface area contributed by atoms with E-state index in [-0.39, 0.29) is 18.0 Å². The molecule has 188 valence electrons. The molecular formula is C24H42N4O5. The summed E-state index contributed by atoms with van der Waals surface area (Å²) in [4.78, 5) is 53.3. The largest absolute Gasteiger partial charge is 0.383 e. The predicted octanol–water partition coefficient (Wildman–Crippen LogP) is 2.28. The number of hydrogen-bond donors (Lipinski definition) is 3. The smallest absolute Gasteiger partial charge is 0.318 e. The molecule has 2 saturated carbocycles. The lowest BCUT2D eigenvalue weighted by atomic mass is 9.80. The molecule has 9 heteroatoms. The zero-order valence-corrected chi connectivity index (χ0v) is 20.5. The summed E-state index contributed by atoms with van der Waals surface area (Å²) in [5, 5.41) is 8.62. The van der Waals surface area contributed by atoms with Crippen molar-refractivity contribution in [3.8, 4) is 0 Å². The normalized spacial score (nSPS) is 18.9. The fourth-order valence-corrected chi connectivity index (χ4v) is 4.65. The van der Waals surface area contributed by atoms with Crippen molar-refractivity contribution >= 4 is 23.6 Å². The number of amides is 4. The maximum absolute atomic E-state index is 13.5. The second-order valence-corrected chi connectivity index (χ2v) is 9.47. The first-order valence-corrected chi connectivity index (χ1v) is 12.5. The molecule has 2 aliphatic carbocycles. The van der Waals surface area contributed by atoms with Crippen molar-refractivity contribution in [1.82, 2.24) is 20.9 Å². The van der Waals surface area contributed by atoms with Gasteiger partial charge in [-0.2, -0.15) is 0 Å². The van der Waals surface area contributed by atoms with Crippen molar-refractivity contribution < 1.29 is 23.9 Å². The van der Waals surface area contributed by atoms with Gasteiger partial charge in [0.1, 0.15) is 5.54 Å². The molecule has 2 aliphatic rings. The van der Waals surface area contributed by atoms with E-state index in [1.54, 1.807) is 14.2 Å². The molecule has 0 radical (unpaired) electrons. The molecule has 0 spiro atoms. The third kappa shape index (κ3) is 7.98. The van der Waals surface area contributed by atoms with E-state index in [1.165, 1.54) is 4.90 Å². The Balaban J connectivity index is 2.10. The molecule has 0 saturated heterocycles. The number of likely N-dealkylation sites (N-methyl/N-ethyl adjacent to an activating group) is 1. The Labute approximate surface area is 197 Å². The minimum absolute atomic E-state index is 0.0376. The number of hydrogen-bond acceptors (Lipinski definition) is 5. The van der Waals surface area contributed by atoms with E-state index in [0.29, 0.717) is 38.8 Å². The molecule has 33 heavy (non-hydrogen) atoms. The summed E-state index contributed by atoms with van der Waals surface area (Å²) in [6, 6.07) is -1.20. The predicted molar refractivity (Wildman–Crippen MR) is 126 cm³/mol. The van der Waals surface area contributed by atoms with Crippen molar-refractivity contribution in [2.45, 2.75) is 102 Å². The first-order valence-electron chi connectivity index (χ1n) is 12.5. The average Bonchev–Trinajstić information content (AvgIpc) is 3.33. The maximum atomic E-state index is 13.5. The van der Waals surface area contributed by atoms with E-state index in [1.807, 2.05) is 6.92 Å². The molecule has 1 atom stereocenters. The number of nitrogens with zero attached hydrogens (tertiary/aromatic N) is 1. The zero-order chi connectivity index (χ0) is 24.3. The molecule has 9 nitrogen and oxygen atoms in total. The summed E-state index contributed by atoms with van der Waals surface area (Å²) in [7, 11) is 3.22. The van der Waals surface area contributed by atoms with Gasteiger partial charge in [-0.1, -0.05) is 51.9 Å². The zero-order valence-electron chi connectivity index (χ0n) is 20.5. The van der Waals surface area contributed by atoms with Crippen LogP contribution in [0.2, 0.25) is 0 Å². The van der Waals surface area contributed by atoms with E-state index in [0.717, 1.165) is 51.4 Å². The van der Waals surface area contributed by atoms with Crippen LogP contribution in [0.3, 0.4) is 0 Å². The van der Waals surface area contributed by atoms with Gasteiger partial charge in [0.25, 0.3) is 5.91 Å². The summed E-state index contributed by atoms with van der Waals surface area (Å²) in [5.74, 6) is -1.60. The van der Waals surface area contributed by atoms with Crippen LogP contribution in [0.25, 0.3) is 0 Å². The fraction of sp³-hybridized carbons (Fsp3) is 0.833. The van der Waals surface area contributed by atoms with Crippen LogP contribution < -0.4 is 16.0 Å². The molecule has 0 unspecified atom stereocenters. The minimum atomic E-state index is -1.08. The number of Topliss-reactive ketones (excluding diaryl/α,β-unsaturated/α-hetero) is 1. The van der Waals surface area contributed by atoms with Gasteiger partial charge in [0.05, 0.1) is 12.6 Å². The van der Waals surface area contributed by atoms with Gasteiger partial charge < -0.3 is 25.6 Å². The van der Waals surface area contributed by atoms with Crippen LogP contribution in [0.5, 0.6) is 0 Å². The highest BCUT2D eigenvalue weighted by atomic mass is 16.5. The van der Waals surface area contributed by atoms with Gasteiger partial charge in [-0.25, -0.2) is 4.79 Å². The molecule has 0 heterocycles. The van der Waals surface area contributed by atoms with Crippen molar-refractivity contribution in [1.29, 1.82) is 0 Å². The Hall–Kier alpha value is -2.16. The van der Waals surface area contributed by atoms with Crippen molar-refractivity contribution in [3.05, 3.63) is 0 Å². The Morgan fingerprint density at radius 2 is 1.73 bits per heavy atom. The first kappa shape index (κ1) is 27.1. The molecule has 2 rings (SSSR count). The fourth-order valence-electron chi connectivity index (χ4n) is 4.65. The summed E-state index contributed by atoms with van der Waals surface area (Å²) in [6.45, 7) is 2.80. The van der Waals surface area contributed by atoms with Crippen LogP contribution in [0.15, 0.2) is 0 Å². The molecule has 0 aromatic heterocycles. The first-order chi connectivity index (χ1) is 15.8. The highest BCUT2D eigenvalue weighted by molar-refractivity contribution is 6.38. The molecule has 0 aliphatic heterocycles. The van der Waals surface area contributed by atoms with Gasteiger partial charge in [-0.15, -0.1) is 0 Å². The van der Waals surface area contributed by atoms with E-state index in [9.17, 15) is 19.2 Å². The summed E-state index contributed by atoms with van der Waals surface area (Å²) < 4.78 is 5.04. The number of unbranched alkanes of at least 4 members (excludes halogenated alkanes) is 1. The monoisotopic (exact) mass is 466 g/mol. The quantitative estimate of drug-likeness (QED) is 0.382. The minimum Gasteiger partial charge on any atom is -0.383 e. The van der Waals surface area contributed by atoms with Crippen molar-refractivity contribution in [3.63, 3.8) is 0 Å². The van der Waals surface area contributed by atoms with Gasteiger partial charge in [0.15, 0.2) is 0 Å². The highest BCUT2D eigenvalue weighted by Gasteiger charge is 2.43. The Morgan fingerprint density at radius 3 is 2.33 bits per heavy atom. The van der Waals surface area contributed by atoms with Crippen molar-refractivity contribution in [2.24, 2.45) is 0 Å². The van der Waals surface area contributed by atoms with Gasteiger partial charge in [-0.05, 0) is 32.1 Å².